The van der Waals surface area contributed by atoms with Crippen LogP contribution in [0.25, 0.3) is 0 Å². The van der Waals surface area contributed by atoms with E-state index in [1.807, 2.05) is 0 Å². The summed E-state index contributed by atoms with van der Waals surface area (Å²) in [6.45, 7) is -1.13. The van der Waals surface area contributed by atoms with Crippen molar-refractivity contribution in [3.63, 3.8) is 0 Å². The van der Waals surface area contributed by atoms with Gasteiger partial charge in [-0.2, -0.15) is 22.0 Å². The van der Waals surface area contributed by atoms with E-state index in [2.05, 4.69) is 4.74 Å². The maximum atomic E-state index is 12.7. The number of carbonyl (C=O) groups is 1. The lowest BCUT2D eigenvalue weighted by Crippen LogP contribution is -2.15. The first kappa shape index (κ1) is 14.4. The first-order chi connectivity index (χ1) is 8.12. The van der Waals surface area contributed by atoms with Crippen LogP contribution in [0.5, 0.6) is 5.75 Å². The van der Waals surface area contributed by atoms with Crippen molar-refractivity contribution in [1.29, 1.82) is 0 Å². The van der Waals surface area contributed by atoms with Crippen molar-refractivity contribution in [2.24, 2.45) is 0 Å². The molecule has 0 aliphatic rings. The van der Waals surface area contributed by atoms with E-state index in [0.717, 1.165) is 13.0 Å². The maximum Gasteiger partial charge on any atom is 0.420 e. The zero-order valence-electron chi connectivity index (χ0n) is 9.44. The van der Waals surface area contributed by atoms with Gasteiger partial charge in [0.25, 0.3) is 0 Å². The van der Waals surface area contributed by atoms with Crippen molar-refractivity contribution in [3.05, 3.63) is 28.8 Å². The highest BCUT2D eigenvalue weighted by molar-refractivity contribution is 5.97. The Kier molecular flexibility index (Phi) is 3.93. The van der Waals surface area contributed by atoms with Gasteiger partial charge in [-0.25, -0.2) is 0 Å². The van der Waals surface area contributed by atoms with Crippen LogP contribution in [-0.4, -0.2) is 12.4 Å². The molecule has 1 aromatic rings. The Hall–Kier alpha value is -1.66. The van der Waals surface area contributed by atoms with E-state index in [0.29, 0.717) is 6.07 Å². The summed E-state index contributed by atoms with van der Waals surface area (Å²) >= 11 is 0. The predicted octanol–water partition coefficient (Wildman–Crippen LogP) is 3.82. The number of Topliss-reactive ketones (excluding diaryl/α,β-unsaturated/α-hetero) is 1. The first-order valence-corrected chi connectivity index (χ1v) is 4.80. The van der Waals surface area contributed by atoms with Crippen molar-refractivity contribution >= 4 is 5.78 Å². The highest BCUT2D eigenvalue weighted by atomic mass is 19.4. The van der Waals surface area contributed by atoms with E-state index in [4.69, 9.17) is 0 Å². The average Bonchev–Trinajstić information content (AvgIpc) is 2.17. The fourth-order valence-corrected chi connectivity index (χ4v) is 1.46. The molecule has 2 nitrogen and oxygen atoms in total. The Balaban J connectivity index is 3.53. The second-order valence-electron chi connectivity index (χ2n) is 3.62. The monoisotopic (exact) mass is 268 g/mol. The number of ether oxygens (including phenoxy) is 1. The molecule has 1 rings (SSSR count). The molecule has 0 saturated heterocycles. The molecule has 0 unspecified atom stereocenters. The van der Waals surface area contributed by atoms with Crippen molar-refractivity contribution in [1.82, 2.24) is 0 Å². The SMILES string of the molecule is CC(=O)c1cc(C)cc(C(F)(F)F)c1OC(F)F. The smallest absolute Gasteiger partial charge is 0.420 e. The minimum atomic E-state index is -4.87. The van der Waals surface area contributed by atoms with Crippen molar-refractivity contribution in [2.75, 3.05) is 0 Å². The Morgan fingerprint density at radius 2 is 1.83 bits per heavy atom. The Bertz CT molecular complexity index is 465. The van der Waals surface area contributed by atoms with Crippen LogP contribution in [0.2, 0.25) is 0 Å². The van der Waals surface area contributed by atoms with Crippen molar-refractivity contribution in [3.8, 4) is 5.75 Å². The van der Waals surface area contributed by atoms with Gasteiger partial charge in [-0.15, -0.1) is 0 Å². The molecule has 100 valence electrons. The Morgan fingerprint density at radius 3 is 2.22 bits per heavy atom. The summed E-state index contributed by atoms with van der Waals surface area (Å²) in [5.41, 5.74) is -1.76. The lowest BCUT2D eigenvalue weighted by molar-refractivity contribution is -0.141. The summed E-state index contributed by atoms with van der Waals surface area (Å²) in [4.78, 5) is 11.2. The highest BCUT2D eigenvalue weighted by Crippen LogP contribution is 2.39. The first-order valence-electron chi connectivity index (χ1n) is 4.80. The van der Waals surface area contributed by atoms with Gasteiger partial charge in [-0.05, 0) is 31.5 Å². The number of alkyl halides is 5. The van der Waals surface area contributed by atoms with E-state index in [-0.39, 0.29) is 5.56 Å². The number of ketones is 1. The van der Waals surface area contributed by atoms with Gasteiger partial charge < -0.3 is 4.74 Å². The Labute approximate surface area is 99.4 Å². The zero-order valence-corrected chi connectivity index (χ0v) is 9.44. The van der Waals surface area contributed by atoms with E-state index >= 15 is 0 Å². The maximum absolute atomic E-state index is 12.7. The third kappa shape index (κ3) is 3.18. The van der Waals surface area contributed by atoms with Crippen molar-refractivity contribution in [2.45, 2.75) is 26.6 Å². The van der Waals surface area contributed by atoms with Crippen LogP contribution >= 0.6 is 0 Å². The van der Waals surface area contributed by atoms with Crippen LogP contribution in [0.1, 0.15) is 28.4 Å². The lowest BCUT2D eigenvalue weighted by atomic mass is 10.0. The largest absolute Gasteiger partial charge is 0.433 e. The number of hydrogen-bond acceptors (Lipinski definition) is 2. The second-order valence-corrected chi connectivity index (χ2v) is 3.62. The number of rotatable bonds is 3. The average molecular weight is 268 g/mol. The van der Waals surface area contributed by atoms with Crippen LogP contribution in [0, 0.1) is 6.92 Å². The summed E-state index contributed by atoms with van der Waals surface area (Å²) in [6, 6.07) is 1.74. The van der Waals surface area contributed by atoms with E-state index in [1.165, 1.54) is 6.92 Å². The van der Waals surface area contributed by atoms with Crippen LogP contribution in [0.4, 0.5) is 22.0 Å². The highest BCUT2D eigenvalue weighted by Gasteiger charge is 2.37. The topological polar surface area (TPSA) is 26.3 Å². The summed E-state index contributed by atoms with van der Waals surface area (Å²) in [7, 11) is 0. The summed E-state index contributed by atoms with van der Waals surface area (Å²) < 4.78 is 66.2. The molecule has 18 heavy (non-hydrogen) atoms. The van der Waals surface area contributed by atoms with Gasteiger partial charge in [0.05, 0.1) is 11.1 Å². The number of aryl methyl sites for hydroxylation is 1. The minimum absolute atomic E-state index is 0.133. The molecule has 0 aliphatic heterocycles. The number of hydrogen-bond donors (Lipinski definition) is 0. The van der Waals surface area contributed by atoms with Gasteiger partial charge in [-0.3, -0.25) is 4.79 Å². The quantitative estimate of drug-likeness (QED) is 0.615. The predicted molar refractivity (Wildman–Crippen MR) is 52.8 cm³/mol. The van der Waals surface area contributed by atoms with Gasteiger partial charge in [0.1, 0.15) is 5.75 Å². The summed E-state index contributed by atoms with van der Waals surface area (Å²) in [5, 5.41) is 0. The number of halogens is 5. The molecule has 0 heterocycles. The fraction of sp³-hybridized carbons (Fsp3) is 0.364. The molecule has 0 N–H and O–H groups in total. The van der Waals surface area contributed by atoms with Gasteiger partial charge in [0.2, 0.25) is 0 Å². The molecule has 0 amide bonds. The van der Waals surface area contributed by atoms with Gasteiger partial charge in [-0.1, -0.05) is 0 Å². The molecule has 0 saturated carbocycles. The summed E-state index contributed by atoms with van der Waals surface area (Å²) in [5.74, 6) is -1.91. The van der Waals surface area contributed by atoms with Gasteiger partial charge in [0, 0.05) is 0 Å². The van der Waals surface area contributed by atoms with Gasteiger partial charge >= 0.3 is 12.8 Å². The number of carbonyl (C=O) groups excluding carboxylic acids is 1. The third-order valence-corrected chi connectivity index (χ3v) is 2.12. The van der Waals surface area contributed by atoms with Crippen LogP contribution in [0.15, 0.2) is 12.1 Å². The molecule has 0 radical (unpaired) electrons. The molecule has 0 aromatic heterocycles. The second kappa shape index (κ2) is 4.91. The van der Waals surface area contributed by atoms with E-state index < -0.39 is 35.4 Å². The standard InChI is InChI=1S/C11H9F5O2/c1-5-3-7(6(2)17)9(18-10(12)13)8(4-5)11(14,15)16/h3-4,10H,1-2H3. The van der Waals surface area contributed by atoms with Crippen molar-refractivity contribution < 1.29 is 31.5 Å². The molecule has 0 aliphatic carbocycles. The Morgan fingerprint density at radius 1 is 1.28 bits per heavy atom. The van der Waals surface area contributed by atoms with Gasteiger partial charge in [0.15, 0.2) is 5.78 Å². The molecule has 1 aromatic carbocycles. The molecule has 0 atom stereocenters. The molecular formula is C11H9F5O2. The zero-order chi connectivity index (χ0) is 14.1. The summed E-state index contributed by atoms with van der Waals surface area (Å²) in [6.07, 6.45) is -4.87. The fourth-order valence-electron chi connectivity index (χ4n) is 1.46. The minimum Gasteiger partial charge on any atom is -0.433 e. The molecule has 0 bridgehead atoms. The van der Waals surface area contributed by atoms with E-state index in [9.17, 15) is 26.7 Å². The molecule has 0 spiro atoms. The van der Waals surface area contributed by atoms with Crippen LogP contribution in [0.3, 0.4) is 0 Å². The van der Waals surface area contributed by atoms with Crippen LogP contribution < -0.4 is 4.74 Å². The molecule has 7 heteroatoms. The lowest BCUT2D eigenvalue weighted by Gasteiger charge is -2.17. The molecular weight excluding hydrogens is 259 g/mol. The molecule has 0 fully saturated rings. The van der Waals surface area contributed by atoms with E-state index in [1.54, 1.807) is 0 Å². The normalized spacial score (nSPS) is 11.8. The third-order valence-electron chi connectivity index (χ3n) is 2.12. The number of benzene rings is 1. The van der Waals surface area contributed by atoms with Crippen LogP contribution in [-0.2, 0) is 6.18 Å².